The van der Waals surface area contributed by atoms with Crippen molar-refractivity contribution < 1.29 is 30.7 Å². The summed E-state index contributed by atoms with van der Waals surface area (Å²) in [7, 11) is 0. The summed E-state index contributed by atoms with van der Waals surface area (Å²) in [5, 5.41) is -0.185. The fourth-order valence-electron chi connectivity index (χ4n) is 1.58. The average Bonchev–Trinajstić information content (AvgIpc) is 2.86. The molecule has 34 heavy (non-hydrogen) atoms. The van der Waals surface area contributed by atoms with Crippen LogP contribution < -0.4 is 0 Å². The molecule has 192 valence electrons. The molecule has 0 saturated carbocycles. The second kappa shape index (κ2) is 21.5. The van der Waals surface area contributed by atoms with Crippen molar-refractivity contribution in [1.29, 1.82) is 0 Å². The van der Waals surface area contributed by atoms with Gasteiger partial charge < -0.3 is 0 Å². The van der Waals surface area contributed by atoms with Crippen LogP contribution in [0.2, 0.25) is 5.02 Å². The van der Waals surface area contributed by atoms with Crippen LogP contribution in [-0.4, -0.2) is 0 Å². The highest BCUT2D eigenvalue weighted by Gasteiger charge is 2.07. The Balaban J connectivity index is -0.000000381. The smallest absolute Gasteiger partial charge is 0.194 e. The molecule has 0 N–H and O–H groups in total. The molecular weight excluding hydrogens is 549 g/mol. The molecule has 9 heteroatoms. The van der Waals surface area contributed by atoms with Crippen molar-refractivity contribution in [2.45, 2.75) is 48.5 Å². The molecule has 0 amide bonds. The maximum atomic E-state index is 12.6. The van der Waals surface area contributed by atoms with E-state index < -0.39 is 40.7 Å². The molecule has 3 rings (SSSR count). The zero-order valence-corrected chi connectivity index (χ0v) is 22.4. The first-order valence-corrected chi connectivity index (χ1v) is 11.5. The minimum absolute atomic E-state index is 0.163. The highest BCUT2D eigenvalue weighted by molar-refractivity contribution is 9.10. The maximum Gasteiger partial charge on any atom is 0.194 e. The van der Waals surface area contributed by atoms with Crippen LogP contribution in [0, 0.1) is 47.6 Å². The first-order valence-electron chi connectivity index (χ1n) is 10.3. The van der Waals surface area contributed by atoms with E-state index in [0.29, 0.717) is 5.56 Å². The minimum atomic E-state index is -1.42. The molecular formula is C25H29BrClF7. The largest absolute Gasteiger partial charge is 0.204 e. The van der Waals surface area contributed by atoms with Gasteiger partial charge in [-0.25, -0.2) is 30.7 Å². The van der Waals surface area contributed by atoms with Gasteiger partial charge in [-0.2, -0.15) is 0 Å². The predicted molar refractivity (Wildman–Crippen MR) is 131 cm³/mol. The van der Waals surface area contributed by atoms with E-state index in [2.05, 4.69) is 15.9 Å². The Morgan fingerprint density at radius 3 is 1.24 bits per heavy atom. The van der Waals surface area contributed by atoms with E-state index in [9.17, 15) is 30.7 Å². The second-order valence-corrected chi connectivity index (χ2v) is 6.33. The Bertz CT molecular complexity index is 834. The minimum Gasteiger partial charge on any atom is -0.204 e. The van der Waals surface area contributed by atoms with Crippen molar-refractivity contribution >= 4 is 27.5 Å². The Labute approximate surface area is 210 Å². The maximum absolute atomic E-state index is 12.6. The molecule has 0 nitrogen and oxygen atoms in total. The van der Waals surface area contributed by atoms with E-state index in [1.165, 1.54) is 31.2 Å². The van der Waals surface area contributed by atoms with Crippen LogP contribution in [0.1, 0.15) is 47.1 Å². The van der Waals surface area contributed by atoms with Crippen LogP contribution >= 0.6 is 27.5 Å². The molecule has 0 aliphatic heterocycles. The van der Waals surface area contributed by atoms with E-state index in [1.807, 2.05) is 41.5 Å². The third kappa shape index (κ3) is 13.6. The molecule has 0 aliphatic rings. The van der Waals surface area contributed by atoms with Crippen molar-refractivity contribution in [3.05, 3.63) is 104 Å². The van der Waals surface area contributed by atoms with Crippen molar-refractivity contribution in [3.63, 3.8) is 0 Å². The first-order chi connectivity index (χ1) is 16.1. The van der Waals surface area contributed by atoms with Gasteiger partial charge in [-0.15, -0.1) is 0 Å². The number of hydrogen-bond donors (Lipinski definition) is 0. The van der Waals surface area contributed by atoms with Gasteiger partial charge in [-0.1, -0.05) is 71.3 Å². The van der Waals surface area contributed by atoms with Crippen LogP contribution in [0.25, 0.3) is 0 Å². The summed E-state index contributed by atoms with van der Waals surface area (Å²) in [5.41, 5.74) is 0.320. The quantitative estimate of drug-likeness (QED) is 0.184. The van der Waals surface area contributed by atoms with Crippen LogP contribution in [0.5, 0.6) is 0 Å². The number of halogens is 9. The molecule has 3 aromatic rings. The lowest BCUT2D eigenvalue weighted by Gasteiger charge is -1.97. The molecule has 0 bridgehead atoms. The van der Waals surface area contributed by atoms with Crippen LogP contribution in [0.3, 0.4) is 0 Å². The molecule has 3 aromatic carbocycles. The highest BCUT2D eigenvalue weighted by Crippen LogP contribution is 2.20. The highest BCUT2D eigenvalue weighted by atomic mass is 79.9. The summed E-state index contributed by atoms with van der Waals surface area (Å²) >= 11 is 8.06. The summed E-state index contributed by atoms with van der Waals surface area (Å²) in [4.78, 5) is 0. The third-order valence-electron chi connectivity index (χ3n) is 3.04. The SMILES string of the molecule is CC.CC.CC.Cc1ccc(Br)c(F)c1F.Fc1cccc(Cl)c1F.Fc1cccc(F)c1F. The second-order valence-electron chi connectivity index (χ2n) is 5.06. The Hall–Kier alpha value is -2.06. The van der Waals surface area contributed by atoms with Gasteiger partial charge in [0.2, 0.25) is 0 Å². The Morgan fingerprint density at radius 1 is 0.529 bits per heavy atom. The topological polar surface area (TPSA) is 0 Å². The summed E-state index contributed by atoms with van der Waals surface area (Å²) < 4.78 is 85.6. The lowest BCUT2D eigenvalue weighted by molar-refractivity contribution is 0.447. The van der Waals surface area contributed by atoms with Crippen LogP contribution in [0.15, 0.2) is 53.0 Å². The van der Waals surface area contributed by atoms with Gasteiger partial charge in [-0.05, 0) is 58.7 Å². The zero-order valence-electron chi connectivity index (χ0n) is 20.0. The first kappa shape index (κ1) is 36.5. The van der Waals surface area contributed by atoms with E-state index in [1.54, 1.807) is 0 Å². The molecule has 0 spiro atoms. The predicted octanol–water partition coefficient (Wildman–Crippen LogP) is 10.8. The fraction of sp³-hybridized carbons (Fsp3) is 0.280. The van der Waals surface area contributed by atoms with Gasteiger partial charge in [0.25, 0.3) is 0 Å². The van der Waals surface area contributed by atoms with Gasteiger partial charge in [-0.3, -0.25) is 0 Å². The van der Waals surface area contributed by atoms with E-state index in [-0.39, 0.29) is 9.50 Å². The standard InChI is InChI=1S/C7H5BrF2.C6H3ClF2.C6H3F3.3C2H6/c1-4-2-3-5(8)7(10)6(4)9;2*7-4-2-1-3-5(8)6(4)9;3*1-2/h2-3H,1H3;2*1-3H;3*1-2H3. The Morgan fingerprint density at radius 2 is 0.912 bits per heavy atom. The number of benzene rings is 3. The zero-order chi connectivity index (χ0) is 27.4. The van der Waals surface area contributed by atoms with Crippen molar-refractivity contribution in [2.75, 3.05) is 0 Å². The molecule has 0 fully saturated rings. The van der Waals surface area contributed by atoms with Gasteiger partial charge >= 0.3 is 0 Å². The molecule has 0 aromatic heterocycles. The van der Waals surface area contributed by atoms with Gasteiger partial charge in [0.15, 0.2) is 40.7 Å². The number of hydrogen-bond acceptors (Lipinski definition) is 0. The van der Waals surface area contributed by atoms with Gasteiger partial charge in [0.1, 0.15) is 0 Å². The van der Waals surface area contributed by atoms with Crippen molar-refractivity contribution in [3.8, 4) is 0 Å². The molecule has 0 aliphatic carbocycles. The molecule has 0 saturated heterocycles. The number of rotatable bonds is 0. The summed E-state index contributed by atoms with van der Waals surface area (Å²) in [6, 6.07) is 9.47. The van der Waals surface area contributed by atoms with E-state index in [0.717, 1.165) is 24.3 Å². The third-order valence-corrected chi connectivity index (χ3v) is 3.94. The van der Waals surface area contributed by atoms with Gasteiger partial charge in [0.05, 0.1) is 9.50 Å². The van der Waals surface area contributed by atoms with Gasteiger partial charge in [0, 0.05) is 0 Å². The molecule has 0 atom stereocenters. The van der Waals surface area contributed by atoms with Crippen LogP contribution in [0.4, 0.5) is 30.7 Å². The van der Waals surface area contributed by atoms with E-state index >= 15 is 0 Å². The molecule has 0 radical (unpaired) electrons. The van der Waals surface area contributed by atoms with Crippen molar-refractivity contribution in [2.24, 2.45) is 0 Å². The lowest BCUT2D eigenvalue weighted by atomic mass is 10.2. The fourth-order valence-corrected chi connectivity index (χ4v) is 2.05. The number of aryl methyl sites for hydroxylation is 1. The van der Waals surface area contributed by atoms with Crippen LogP contribution in [-0.2, 0) is 0 Å². The molecule has 0 unspecified atom stereocenters. The summed E-state index contributed by atoms with van der Waals surface area (Å²) in [6.45, 7) is 13.5. The Kier molecular flexibility index (Phi) is 23.1. The normalized spacial score (nSPS) is 8.59. The summed E-state index contributed by atoms with van der Waals surface area (Å²) in [5.74, 6) is -7.24. The van der Waals surface area contributed by atoms with E-state index in [4.69, 9.17) is 11.6 Å². The molecule has 0 heterocycles. The average molecular weight is 578 g/mol. The monoisotopic (exact) mass is 576 g/mol. The lowest BCUT2D eigenvalue weighted by Crippen LogP contribution is -1.88. The summed E-state index contributed by atoms with van der Waals surface area (Å²) in [6.07, 6.45) is 0. The van der Waals surface area contributed by atoms with Crippen molar-refractivity contribution in [1.82, 2.24) is 0 Å².